The first-order valence-corrected chi connectivity index (χ1v) is 5.51. The van der Waals surface area contributed by atoms with Gasteiger partial charge in [0.05, 0.1) is 19.1 Å². The Hall–Kier alpha value is -0.350. The van der Waals surface area contributed by atoms with Crippen LogP contribution in [0.2, 0.25) is 0 Å². The van der Waals surface area contributed by atoms with Crippen molar-refractivity contribution >= 4 is 0 Å². The fourth-order valence-corrected chi connectivity index (χ4v) is 2.17. The number of halogens is 1. The van der Waals surface area contributed by atoms with Crippen molar-refractivity contribution in [1.82, 2.24) is 10.2 Å². The summed E-state index contributed by atoms with van der Waals surface area (Å²) in [6.45, 7) is -0.413. The third kappa shape index (κ3) is 2.43. The van der Waals surface area contributed by atoms with Gasteiger partial charge in [-0.05, 0) is 6.42 Å². The van der Waals surface area contributed by atoms with E-state index >= 15 is 0 Å². The van der Waals surface area contributed by atoms with E-state index in [1.165, 1.54) is 0 Å². The fraction of sp³-hybridized carbons (Fsp3) is 1.00. The molecular formula is C9H17FN2O5. The number of nitrogens with one attached hydrogen (secondary N) is 1. The first-order chi connectivity index (χ1) is 7.96. The molecule has 0 aliphatic carbocycles. The number of nitrogens with zero attached hydrogens (tertiary/aromatic N) is 1. The van der Waals surface area contributed by atoms with Crippen LogP contribution in [0.5, 0.6) is 0 Å². The highest BCUT2D eigenvalue weighted by molar-refractivity contribution is 4.89. The Kier molecular flexibility index (Phi) is 3.64. The quantitative estimate of drug-likeness (QED) is 0.350. The molecule has 0 amide bonds. The summed E-state index contributed by atoms with van der Waals surface area (Å²) < 4.78 is 19.3. The number of hydrogen-bond acceptors (Lipinski definition) is 7. The Morgan fingerprint density at radius 1 is 1.41 bits per heavy atom. The van der Waals surface area contributed by atoms with Crippen molar-refractivity contribution < 1.29 is 29.6 Å². The zero-order valence-electron chi connectivity index (χ0n) is 9.16. The van der Waals surface area contributed by atoms with Crippen LogP contribution in [0.4, 0.5) is 4.39 Å². The maximum atomic E-state index is 14.4. The average Bonchev–Trinajstić information content (AvgIpc) is 2.54. The van der Waals surface area contributed by atoms with E-state index in [4.69, 9.17) is 9.84 Å². The summed E-state index contributed by atoms with van der Waals surface area (Å²) in [5.74, 6) is -2.33. The molecule has 5 N–H and O–H groups in total. The number of aliphatic hydroxyl groups excluding tert-OH is 4. The molecule has 100 valence electrons. The van der Waals surface area contributed by atoms with Gasteiger partial charge in [0.25, 0.3) is 5.98 Å². The van der Waals surface area contributed by atoms with Gasteiger partial charge in [0.15, 0.2) is 6.35 Å². The molecule has 0 aromatic heterocycles. The highest BCUT2D eigenvalue weighted by atomic mass is 19.2. The lowest BCUT2D eigenvalue weighted by Crippen LogP contribution is -2.62. The van der Waals surface area contributed by atoms with E-state index in [-0.39, 0.29) is 19.4 Å². The molecule has 2 fully saturated rings. The Bertz CT molecular complexity index is 284. The maximum absolute atomic E-state index is 14.4. The van der Waals surface area contributed by atoms with E-state index in [1.54, 1.807) is 0 Å². The minimum absolute atomic E-state index is 0.0801. The van der Waals surface area contributed by atoms with E-state index in [2.05, 4.69) is 5.32 Å². The lowest BCUT2D eigenvalue weighted by molar-refractivity contribution is -0.291. The second kappa shape index (κ2) is 4.73. The van der Waals surface area contributed by atoms with Crippen molar-refractivity contribution in [2.24, 2.45) is 0 Å². The van der Waals surface area contributed by atoms with E-state index in [1.807, 2.05) is 0 Å². The second-order valence-corrected chi connectivity index (χ2v) is 4.34. The first-order valence-electron chi connectivity index (χ1n) is 5.51. The molecule has 0 bridgehead atoms. The molecule has 2 unspecified atom stereocenters. The molecule has 17 heavy (non-hydrogen) atoms. The number of ether oxygens (including phenoxy) is 1. The molecule has 5 atom stereocenters. The lowest BCUT2D eigenvalue weighted by atomic mass is 10.1. The molecule has 2 rings (SSSR count). The van der Waals surface area contributed by atoms with Crippen LogP contribution in [0.25, 0.3) is 0 Å². The van der Waals surface area contributed by atoms with Gasteiger partial charge in [-0.1, -0.05) is 0 Å². The van der Waals surface area contributed by atoms with Gasteiger partial charge >= 0.3 is 0 Å². The van der Waals surface area contributed by atoms with Gasteiger partial charge < -0.3 is 25.2 Å². The molecular weight excluding hydrogens is 235 g/mol. The summed E-state index contributed by atoms with van der Waals surface area (Å²) in [4.78, 5) is 0.971. The van der Waals surface area contributed by atoms with Crippen molar-refractivity contribution in [3.63, 3.8) is 0 Å². The van der Waals surface area contributed by atoms with Crippen LogP contribution in [0.15, 0.2) is 0 Å². The molecule has 8 heteroatoms. The first kappa shape index (κ1) is 13.1. The van der Waals surface area contributed by atoms with Gasteiger partial charge in [-0.3, -0.25) is 5.32 Å². The van der Waals surface area contributed by atoms with Gasteiger partial charge in [-0.2, -0.15) is 4.39 Å². The molecule has 2 aliphatic rings. The summed E-state index contributed by atoms with van der Waals surface area (Å²) in [6.07, 6.45) is -4.54. The minimum atomic E-state index is -2.33. The molecule has 0 saturated carbocycles. The number of alkyl halides is 1. The molecule has 0 aromatic rings. The molecule has 2 aliphatic heterocycles. The SMILES string of the molecule is OC[C@H]1OC(F)(N2CC[C@H](O)NC2O)C[C@@H]1O. The van der Waals surface area contributed by atoms with Crippen LogP contribution in [-0.4, -0.2) is 69.2 Å². The third-order valence-electron chi connectivity index (χ3n) is 3.11. The fourth-order valence-electron chi connectivity index (χ4n) is 2.17. The normalized spacial score (nSPS) is 48.5. The Balaban J connectivity index is 2.06. The Labute approximate surface area is 97.4 Å². The van der Waals surface area contributed by atoms with Crippen LogP contribution < -0.4 is 5.32 Å². The molecule has 0 aromatic carbocycles. The average molecular weight is 252 g/mol. The number of hydrogen-bond donors (Lipinski definition) is 5. The monoisotopic (exact) mass is 252 g/mol. The Morgan fingerprint density at radius 2 is 2.12 bits per heavy atom. The molecule has 0 radical (unpaired) electrons. The van der Waals surface area contributed by atoms with E-state index in [0.717, 1.165) is 4.90 Å². The van der Waals surface area contributed by atoms with Crippen molar-refractivity contribution in [3.05, 3.63) is 0 Å². The summed E-state index contributed by atoms with van der Waals surface area (Å²) in [6, 6.07) is 0. The topological polar surface area (TPSA) is 105 Å². The summed E-state index contributed by atoms with van der Waals surface area (Å²) >= 11 is 0. The highest BCUT2D eigenvalue weighted by Gasteiger charge is 2.53. The Morgan fingerprint density at radius 3 is 2.65 bits per heavy atom. The van der Waals surface area contributed by atoms with Crippen LogP contribution in [0.1, 0.15) is 12.8 Å². The van der Waals surface area contributed by atoms with Crippen LogP contribution in [-0.2, 0) is 4.74 Å². The maximum Gasteiger partial charge on any atom is 0.274 e. The molecule has 2 saturated heterocycles. The van der Waals surface area contributed by atoms with Crippen LogP contribution >= 0.6 is 0 Å². The summed E-state index contributed by atoms with van der Waals surface area (Å²) in [5.41, 5.74) is 0. The van der Waals surface area contributed by atoms with E-state index in [0.29, 0.717) is 0 Å². The second-order valence-electron chi connectivity index (χ2n) is 4.34. The predicted molar refractivity (Wildman–Crippen MR) is 52.9 cm³/mol. The zero-order valence-corrected chi connectivity index (χ0v) is 9.16. The third-order valence-corrected chi connectivity index (χ3v) is 3.11. The van der Waals surface area contributed by atoms with Crippen LogP contribution in [0.3, 0.4) is 0 Å². The van der Waals surface area contributed by atoms with Gasteiger partial charge in [-0.25, -0.2) is 4.90 Å². The summed E-state index contributed by atoms with van der Waals surface area (Å²) in [7, 11) is 0. The smallest absolute Gasteiger partial charge is 0.274 e. The minimum Gasteiger partial charge on any atom is -0.394 e. The number of aliphatic hydroxyl groups is 4. The number of rotatable bonds is 2. The van der Waals surface area contributed by atoms with Crippen molar-refractivity contribution in [2.75, 3.05) is 13.2 Å². The lowest BCUT2D eigenvalue weighted by Gasteiger charge is -2.41. The largest absolute Gasteiger partial charge is 0.394 e. The van der Waals surface area contributed by atoms with E-state index < -0.39 is 37.4 Å². The van der Waals surface area contributed by atoms with Crippen molar-refractivity contribution in [2.45, 2.75) is 43.6 Å². The highest BCUT2D eigenvalue weighted by Crippen LogP contribution is 2.36. The van der Waals surface area contributed by atoms with Crippen molar-refractivity contribution in [1.29, 1.82) is 0 Å². The van der Waals surface area contributed by atoms with E-state index in [9.17, 15) is 19.7 Å². The van der Waals surface area contributed by atoms with Gasteiger partial charge in [0.2, 0.25) is 0 Å². The predicted octanol–water partition coefficient (Wildman–Crippen LogP) is -2.36. The van der Waals surface area contributed by atoms with Gasteiger partial charge in [0.1, 0.15) is 12.3 Å². The van der Waals surface area contributed by atoms with Gasteiger partial charge in [-0.15, -0.1) is 0 Å². The van der Waals surface area contributed by atoms with Crippen LogP contribution in [0, 0.1) is 0 Å². The molecule has 2 heterocycles. The summed E-state index contributed by atoms with van der Waals surface area (Å²) in [5, 5.41) is 39.6. The zero-order chi connectivity index (χ0) is 12.6. The molecule has 7 nitrogen and oxygen atoms in total. The standard InChI is InChI=1S/C9H17FN2O5/c10-9(3-5(14)6(4-13)17-9)12-2-1-7(15)11-8(12)16/h5-8,11,13-16H,1-4H2/t5-,6+,7-,8?,9?/m0/s1. The van der Waals surface area contributed by atoms with Gasteiger partial charge in [0, 0.05) is 6.54 Å². The van der Waals surface area contributed by atoms with Crippen molar-refractivity contribution in [3.8, 4) is 0 Å². The molecule has 0 spiro atoms.